The Morgan fingerprint density at radius 3 is 1.46 bits per heavy atom. The molecule has 0 unspecified atom stereocenters. The lowest BCUT2D eigenvalue weighted by Gasteiger charge is -2.36. The molecule has 6 aromatic rings. The molecular formula is C46H51ClN4O5Si. The fraction of sp³-hybridized carbons (Fsp3) is 0.217. The van der Waals surface area contributed by atoms with Gasteiger partial charge in [-0.3, -0.25) is 9.59 Å². The highest BCUT2D eigenvalue weighted by Gasteiger charge is 2.39. The summed E-state index contributed by atoms with van der Waals surface area (Å²) in [5.41, 5.74) is 4.92. The van der Waals surface area contributed by atoms with Gasteiger partial charge < -0.3 is 24.9 Å². The molecule has 4 aromatic carbocycles. The van der Waals surface area contributed by atoms with Crippen molar-refractivity contribution in [3.63, 3.8) is 0 Å². The van der Waals surface area contributed by atoms with Crippen LogP contribution in [0.2, 0.25) is 18.1 Å². The molecule has 0 atom stereocenters. The zero-order valence-corrected chi connectivity index (χ0v) is 34.9. The molecule has 0 aliphatic carbocycles. The first-order valence-corrected chi connectivity index (χ1v) is 21.6. The summed E-state index contributed by atoms with van der Waals surface area (Å²) in [7, 11) is -1.92. The van der Waals surface area contributed by atoms with Crippen molar-refractivity contribution in [2.45, 2.75) is 51.7 Å². The molecule has 0 radical (unpaired) electrons. The van der Waals surface area contributed by atoms with Crippen LogP contribution in [0.5, 0.6) is 11.5 Å². The summed E-state index contributed by atoms with van der Waals surface area (Å²) < 4.78 is 11.2. The summed E-state index contributed by atoms with van der Waals surface area (Å²) >= 11 is 0. The number of pyridine rings is 2. The third-order valence-corrected chi connectivity index (χ3v) is 13.8. The molecule has 57 heavy (non-hydrogen) atoms. The number of hydrogen-bond donors (Lipinski definition) is 3. The van der Waals surface area contributed by atoms with Crippen molar-refractivity contribution >= 4 is 44.2 Å². The topological polar surface area (TPSA) is 123 Å². The van der Waals surface area contributed by atoms with Gasteiger partial charge in [-0.25, -0.2) is 9.97 Å². The predicted octanol–water partition coefficient (Wildman–Crippen LogP) is 11.3. The number of nitrogens with zero attached hydrogens (tertiary/aromatic N) is 2. The van der Waals surface area contributed by atoms with Crippen LogP contribution in [-0.2, 0) is 4.74 Å². The van der Waals surface area contributed by atoms with Crippen LogP contribution in [0, 0.1) is 0 Å². The minimum atomic E-state index is -1.92. The number of hydrogen-bond acceptors (Lipinski definition) is 7. The maximum Gasteiger partial charge on any atom is 0.257 e. The zero-order chi connectivity index (χ0) is 40.0. The van der Waals surface area contributed by atoms with Crippen LogP contribution >= 0.6 is 12.4 Å². The number of aromatic nitrogens is 2. The van der Waals surface area contributed by atoms with E-state index in [0.29, 0.717) is 22.8 Å². The monoisotopic (exact) mass is 802 g/mol. The number of amides is 2. The van der Waals surface area contributed by atoms with Gasteiger partial charge in [0.05, 0.1) is 12.4 Å². The van der Waals surface area contributed by atoms with Gasteiger partial charge in [0.25, 0.3) is 20.1 Å². The van der Waals surface area contributed by atoms with E-state index in [1.54, 1.807) is 24.4 Å². The Balaban J connectivity index is 0.000000227. The number of nitrogens with one attached hydrogen (secondary N) is 2. The molecule has 1 aliphatic rings. The molecule has 3 heterocycles. The van der Waals surface area contributed by atoms with E-state index in [1.807, 2.05) is 109 Å². The van der Waals surface area contributed by atoms with Crippen LogP contribution in [-0.4, -0.2) is 48.4 Å². The summed E-state index contributed by atoms with van der Waals surface area (Å²) in [4.78, 5) is 33.7. The van der Waals surface area contributed by atoms with Crippen molar-refractivity contribution in [2.75, 3.05) is 23.8 Å². The molecule has 7 rings (SSSR count). The highest BCUT2D eigenvalue weighted by molar-refractivity contribution is 6.74. The fourth-order valence-electron chi connectivity index (χ4n) is 5.40. The van der Waals surface area contributed by atoms with Gasteiger partial charge in [0.1, 0.15) is 23.1 Å². The van der Waals surface area contributed by atoms with Crippen molar-refractivity contribution in [1.82, 2.24) is 9.97 Å². The second kappa shape index (κ2) is 20.9. The maximum atomic E-state index is 12.9. The van der Waals surface area contributed by atoms with Crippen LogP contribution in [0.4, 0.5) is 11.6 Å². The van der Waals surface area contributed by atoms with Gasteiger partial charge in [-0.15, -0.1) is 12.4 Å². The second-order valence-electron chi connectivity index (χ2n) is 14.7. The average Bonchev–Trinajstić information content (AvgIpc) is 3.81. The van der Waals surface area contributed by atoms with Crippen LogP contribution in [0.1, 0.15) is 54.3 Å². The lowest BCUT2D eigenvalue weighted by atomic mass is 9.99. The second-order valence-corrected chi connectivity index (χ2v) is 19.4. The van der Waals surface area contributed by atoms with E-state index >= 15 is 0 Å². The molecule has 1 saturated heterocycles. The van der Waals surface area contributed by atoms with Crippen molar-refractivity contribution in [3.8, 4) is 33.8 Å². The molecule has 2 amide bonds. The Kier molecular flexibility index (Phi) is 16.1. The minimum Gasteiger partial charge on any atom is -0.542 e. The van der Waals surface area contributed by atoms with Crippen molar-refractivity contribution in [1.29, 1.82) is 0 Å². The Hall–Kier alpha value is -5.81. The SMILES string of the molecule is C1CCOC1.CC(C)(C)[Si](C)(C)Oc1ccc(NC(=O)c2ccccc2-c2ccccc2)nc1.Cl.O=C(Nc1ccc(O)cn1)c1ccccc1-c1ccccc1. The van der Waals surface area contributed by atoms with Gasteiger partial charge in [0.15, 0.2) is 0 Å². The number of halogens is 1. The standard InChI is InChI=1S/C24H28N2O2Si.C18H14N2O2.C4H8O.ClH/c1-24(2,3)29(4,5)28-19-15-16-22(25-17-19)26-23(27)21-14-10-9-13-20(21)18-11-7-6-8-12-18;21-14-10-11-17(19-12-14)20-18(22)16-9-5-4-8-15(16)13-6-2-1-3-7-13;1-2-4-5-3-1;/h6-17H,1-5H3,(H,25,26,27);1-12,21H,(H,19,20,22);1-4H2;1H. The average molecular weight is 803 g/mol. The van der Waals surface area contributed by atoms with E-state index in [-0.39, 0.29) is 35.0 Å². The van der Waals surface area contributed by atoms with Crippen molar-refractivity contribution in [3.05, 3.63) is 157 Å². The van der Waals surface area contributed by atoms with Crippen LogP contribution in [0.25, 0.3) is 22.3 Å². The number of anilines is 2. The molecule has 0 bridgehead atoms. The van der Waals surface area contributed by atoms with Gasteiger partial charge in [-0.05, 0) is 89.6 Å². The quantitative estimate of drug-likeness (QED) is 0.131. The molecule has 0 saturated carbocycles. The molecule has 2 aromatic heterocycles. The Bertz CT molecular complexity index is 2150. The van der Waals surface area contributed by atoms with E-state index in [9.17, 15) is 14.7 Å². The first-order valence-electron chi connectivity index (χ1n) is 18.7. The Labute approximate surface area is 343 Å². The number of aromatic hydroxyl groups is 1. The van der Waals surface area contributed by atoms with Crippen molar-refractivity contribution < 1.29 is 23.9 Å². The van der Waals surface area contributed by atoms with E-state index in [2.05, 4.69) is 54.5 Å². The summed E-state index contributed by atoms with van der Waals surface area (Å²) in [6.07, 6.45) is 5.53. The normalized spacial score (nSPS) is 12.0. The first kappa shape index (κ1) is 43.9. The van der Waals surface area contributed by atoms with Crippen molar-refractivity contribution in [2.24, 2.45) is 0 Å². The molecular weight excluding hydrogens is 752 g/mol. The third kappa shape index (κ3) is 12.9. The smallest absolute Gasteiger partial charge is 0.257 e. The Morgan fingerprint density at radius 2 is 1.07 bits per heavy atom. The molecule has 296 valence electrons. The number of carbonyl (C=O) groups is 2. The molecule has 9 nitrogen and oxygen atoms in total. The van der Waals surface area contributed by atoms with E-state index in [1.165, 1.54) is 25.1 Å². The third-order valence-electron chi connectivity index (χ3n) is 9.49. The van der Waals surface area contributed by atoms with Gasteiger partial charge >= 0.3 is 0 Å². The van der Waals surface area contributed by atoms with E-state index in [4.69, 9.17) is 9.16 Å². The van der Waals surface area contributed by atoms with Crippen LogP contribution in [0.15, 0.2) is 146 Å². The van der Waals surface area contributed by atoms with E-state index < -0.39 is 8.32 Å². The summed E-state index contributed by atoms with van der Waals surface area (Å²) in [6.45, 7) is 13.0. The summed E-state index contributed by atoms with van der Waals surface area (Å²) in [5.74, 6) is 1.26. The highest BCUT2D eigenvalue weighted by atomic mass is 35.5. The van der Waals surface area contributed by atoms with Gasteiger partial charge in [0, 0.05) is 24.3 Å². The van der Waals surface area contributed by atoms with Crippen LogP contribution < -0.4 is 15.1 Å². The zero-order valence-electron chi connectivity index (χ0n) is 33.1. The lowest BCUT2D eigenvalue weighted by molar-refractivity contribution is 0.101. The van der Waals surface area contributed by atoms with Gasteiger partial charge in [-0.1, -0.05) is 118 Å². The van der Waals surface area contributed by atoms with E-state index in [0.717, 1.165) is 41.2 Å². The number of rotatable bonds is 8. The Morgan fingerprint density at radius 1 is 0.632 bits per heavy atom. The number of benzene rings is 4. The molecule has 1 fully saturated rings. The number of carbonyl (C=O) groups excluding carboxylic acids is 2. The highest BCUT2D eigenvalue weighted by Crippen LogP contribution is 2.37. The van der Waals surface area contributed by atoms with Gasteiger partial charge in [0.2, 0.25) is 0 Å². The van der Waals surface area contributed by atoms with Crippen LogP contribution in [0.3, 0.4) is 0 Å². The first-order chi connectivity index (χ1) is 26.9. The largest absolute Gasteiger partial charge is 0.542 e. The maximum absolute atomic E-state index is 12.9. The number of ether oxygens (including phenoxy) is 1. The van der Waals surface area contributed by atoms with Gasteiger partial charge in [-0.2, -0.15) is 0 Å². The molecule has 0 spiro atoms. The fourth-order valence-corrected chi connectivity index (χ4v) is 6.42. The summed E-state index contributed by atoms with van der Waals surface area (Å²) in [5, 5.41) is 15.0. The minimum absolute atomic E-state index is 0. The molecule has 3 N–H and O–H groups in total. The predicted molar refractivity (Wildman–Crippen MR) is 235 cm³/mol. The molecule has 11 heteroatoms. The molecule has 1 aliphatic heterocycles. The summed E-state index contributed by atoms with van der Waals surface area (Å²) in [6, 6.07) is 41.3. The lowest BCUT2D eigenvalue weighted by Crippen LogP contribution is -2.43.